The first-order valence-electron chi connectivity index (χ1n) is 5.77. The molecule has 1 amide bonds. The van der Waals surface area contributed by atoms with Gasteiger partial charge in [0.2, 0.25) is 10.0 Å². The molecule has 1 aromatic carbocycles. The summed E-state index contributed by atoms with van der Waals surface area (Å²) in [6.07, 6.45) is 1.71. The number of rotatable bonds is 4. The third-order valence-electron chi connectivity index (χ3n) is 2.65. The van der Waals surface area contributed by atoms with Crippen molar-refractivity contribution >= 4 is 21.7 Å². The van der Waals surface area contributed by atoms with E-state index in [-0.39, 0.29) is 10.8 Å². The lowest BCUT2D eigenvalue weighted by Crippen LogP contribution is -2.19. The maximum absolute atomic E-state index is 11.9. The molecule has 2 aromatic rings. The van der Waals surface area contributed by atoms with Crippen molar-refractivity contribution in [2.45, 2.75) is 4.90 Å². The molecule has 0 spiro atoms. The number of nitrogens with one attached hydrogen (secondary N) is 2. The molecule has 0 bridgehead atoms. The zero-order chi connectivity index (χ0) is 14.8. The fourth-order valence-corrected chi connectivity index (χ4v) is 2.30. The van der Waals surface area contributed by atoms with Crippen LogP contribution in [0.2, 0.25) is 0 Å². The van der Waals surface area contributed by atoms with Crippen molar-refractivity contribution in [3.63, 3.8) is 0 Å². The Morgan fingerprint density at radius 2 is 1.85 bits per heavy atom. The van der Waals surface area contributed by atoms with Gasteiger partial charge in [0.15, 0.2) is 5.82 Å². The van der Waals surface area contributed by atoms with Crippen LogP contribution in [0.15, 0.2) is 41.4 Å². The van der Waals surface area contributed by atoms with Gasteiger partial charge in [-0.3, -0.25) is 9.48 Å². The van der Waals surface area contributed by atoms with Crippen molar-refractivity contribution in [1.82, 2.24) is 14.5 Å². The molecule has 1 heterocycles. The van der Waals surface area contributed by atoms with Crippen molar-refractivity contribution in [1.29, 1.82) is 0 Å². The van der Waals surface area contributed by atoms with E-state index in [0.29, 0.717) is 11.4 Å². The van der Waals surface area contributed by atoms with Gasteiger partial charge < -0.3 is 5.32 Å². The monoisotopic (exact) mass is 294 g/mol. The fraction of sp³-hybridized carbons (Fsp3) is 0.167. The van der Waals surface area contributed by atoms with E-state index in [2.05, 4.69) is 15.1 Å². The highest BCUT2D eigenvalue weighted by Gasteiger charge is 2.13. The molecule has 0 saturated heterocycles. The Bertz CT molecular complexity index is 719. The first-order valence-corrected chi connectivity index (χ1v) is 7.25. The quantitative estimate of drug-likeness (QED) is 0.862. The highest BCUT2D eigenvalue weighted by Crippen LogP contribution is 2.11. The standard InChI is InChI=1S/C12H14N4O3S/c1-13-20(18,19)10-5-3-9(4-6-10)12(17)14-11-7-8-16(2)15-11/h3-8,13H,1-2H3,(H,14,15,17). The molecule has 8 heteroatoms. The van der Waals surface area contributed by atoms with E-state index in [1.54, 1.807) is 24.0 Å². The molecule has 1 aromatic heterocycles. The molecule has 20 heavy (non-hydrogen) atoms. The molecule has 7 nitrogen and oxygen atoms in total. The van der Waals surface area contributed by atoms with Crippen LogP contribution >= 0.6 is 0 Å². The molecule has 0 unspecified atom stereocenters. The Morgan fingerprint density at radius 1 is 1.20 bits per heavy atom. The molecule has 0 aliphatic carbocycles. The van der Waals surface area contributed by atoms with Gasteiger partial charge in [-0.1, -0.05) is 0 Å². The van der Waals surface area contributed by atoms with Crippen LogP contribution in [0.5, 0.6) is 0 Å². The minimum Gasteiger partial charge on any atom is -0.305 e. The Morgan fingerprint density at radius 3 is 2.35 bits per heavy atom. The van der Waals surface area contributed by atoms with Crippen LogP contribution in [-0.2, 0) is 17.1 Å². The summed E-state index contributed by atoms with van der Waals surface area (Å²) in [6.45, 7) is 0. The van der Waals surface area contributed by atoms with Crippen molar-refractivity contribution in [2.75, 3.05) is 12.4 Å². The first-order chi connectivity index (χ1) is 9.42. The number of carbonyl (C=O) groups excluding carboxylic acids is 1. The van der Waals surface area contributed by atoms with Gasteiger partial charge in [-0.15, -0.1) is 0 Å². The van der Waals surface area contributed by atoms with E-state index in [1.807, 2.05) is 0 Å². The molecular formula is C12H14N4O3S. The number of hydrogen-bond donors (Lipinski definition) is 2. The van der Waals surface area contributed by atoms with Gasteiger partial charge in [-0.2, -0.15) is 5.10 Å². The fourth-order valence-electron chi connectivity index (χ4n) is 1.57. The maximum Gasteiger partial charge on any atom is 0.256 e. The molecule has 0 aliphatic heterocycles. The molecule has 0 fully saturated rings. The third-order valence-corrected chi connectivity index (χ3v) is 4.08. The van der Waals surface area contributed by atoms with Crippen molar-refractivity contribution < 1.29 is 13.2 Å². The Hall–Kier alpha value is -2.19. The van der Waals surface area contributed by atoms with Gasteiger partial charge in [0.05, 0.1) is 4.90 Å². The summed E-state index contributed by atoms with van der Waals surface area (Å²) in [5.74, 6) is 0.0847. The Labute approximate surface area is 116 Å². The molecule has 0 atom stereocenters. The van der Waals surface area contributed by atoms with E-state index >= 15 is 0 Å². The SMILES string of the molecule is CNS(=O)(=O)c1ccc(C(=O)Nc2ccn(C)n2)cc1. The molecule has 0 radical (unpaired) electrons. The predicted molar refractivity (Wildman–Crippen MR) is 73.8 cm³/mol. The lowest BCUT2D eigenvalue weighted by atomic mass is 10.2. The van der Waals surface area contributed by atoms with Gasteiger partial charge in [0, 0.05) is 24.9 Å². The van der Waals surface area contributed by atoms with E-state index in [0.717, 1.165) is 0 Å². The van der Waals surface area contributed by atoms with E-state index in [9.17, 15) is 13.2 Å². The van der Waals surface area contributed by atoms with Crippen LogP contribution in [0.25, 0.3) is 0 Å². The zero-order valence-electron chi connectivity index (χ0n) is 11.0. The van der Waals surface area contributed by atoms with Gasteiger partial charge in [0.1, 0.15) is 0 Å². The Kier molecular flexibility index (Phi) is 3.86. The summed E-state index contributed by atoms with van der Waals surface area (Å²) in [5, 5.41) is 6.64. The van der Waals surface area contributed by atoms with Crippen LogP contribution in [0.4, 0.5) is 5.82 Å². The highest BCUT2D eigenvalue weighted by molar-refractivity contribution is 7.89. The molecule has 2 N–H and O–H groups in total. The second-order valence-electron chi connectivity index (χ2n) is 4.06. The summed E-state index contributed by atoms with van der Waals surface area (Å²) in [6, 6.07) is 7.31. The van der Waals surface area contributed by atoms with E-state index in [4.69, 9.17) is 0 Å². The molecular weight excluding hydrogens is 280 g/mol. The normalized spacial score (nSPS) is 11.3. The van der Waals surface area contributed by atoms with Gasteiger partial charge in [-0.25, -0.2) is 13.1 Å². The number of hydrogen-bond acceptors (Lipinski definition) is 4. The average Bonchev–Trinajstić information content (AvgIpc) is 2.84. The zero-order valence-corrected chi connectivity index (χ0v) is 11.8. The maximum atomic E-state index is 11.9. The Balaban J connectivity index is 2.16. The lowest BCUT2D eigenvalue weighted by molar-refractivity contribution is 0.102. The number of aryl methyl sites for hydroxylation is 1. The number of amides is 1. The van der Waals surface area contributed by atoms with E-state index < -0.39 is 10.0 Å². The van der Waals surface area contributed by atoms with Crippen LogP contribution in [0.1, 0.15) is 10.4 Å². The van der Waals surface area contributed by atoms with Gasteiger partial charge in [-0.05, 0) is 31.3 Å². The number of aromatic nitrogens is 2. The summed E-state index contributed by atoms with van der Waals surface area (Å²) in [7, 11) is -0.420. The van der Waals surface area contributed by atoms with Gasteiger partial charge >= 0.3 is 0 Å². The molecule has 2 rings (SSSR count). The highest BCUT2D eigenvalue weighted by atomic mass is 32.2. The summed E-state index contributed by atoms with van der Waals surface area (Å²) in [5.41, 5.74) is 0.353. The smallest absolute Gasteiger partial charge is 0.256 e. The second-order valence-corrected chi connectivity index (χ2v) is 5.95. The molecule has 106 valence electrons. The molecule has 0 aliphatic rings. The van der Waals surface area contributed by atoms with Gasteiger partial charge in [0.25, 0.3) is 5.91 Å². The number of benzene rings is 1. The second kappa shape index (κ2) is 5.43. The minimum atomic E-state index is -3.49. The minimum absolute atomic E-state index is 0.106. The van der Waals surface area contributed by atoms with Crippen molar-refractivity contribution in [2.24, 2.45) is 7.05 Å². The number of nitrogens with zero attached hydrogens (tertiary/aromatic N) is 2. The lowest BCUT2D eigenvalue weighted by Gasteiger charge is -2.04. The first kappa shape index (κ1) is 14.2. The number of carbonyl (C=O) groups is 1. The molecule has 0 saturated carbocycles. The number of anilines is 1. The topological polar surface area (TPSA) is 93.1 Å². The van der Waals surface area contributed by atoms with Crippen LogP contribution in [0.3, 0.4) is 0 Å². The number of sulfonamides is 1. The largest absolute Gasteiger partial charge is 0.305 e. The van der Waals surface area contributed by atoms with Crippen LogP contribution in [0, 0.1) is 0 Å². The van der Waals surface area contributed by atoms with E-state index in [1.165, 1.54) is 31.3 Å². The average molecular weight is 294 g/mol. The summed E-state index contributed by atoms with van der Waals surface area (Å²) in [4.78, 5) is 12.0. The summed E-state index contributed by atoms with van der Waals surface area (Å²) < 4.78 is 26.9. The third kappa shape index (κ3) is 3.03. The van der Waals surface area contributed by atoms with Crippen molar-refractivity contribution in [3.8, 4) is 0 Å². The van der Waals surface area contributed by atoms with Crippen LogP contribution in [-0.4, -0.2) is 31.2 Å². The predicted octanol–water partition coefficient (Wildman–Crippen LogP) is 0.580. The van der Waals surface area contributed by atoms with Crippen molar-refractivity contribution in [3.05, 3.63) is 42.1 Å². The van der Waals surface area contributed by atoms with Crippen LogP contribution < -0.4 is 10.0 Å². The summed E-state index contributed by atoms with van der Waals surface area (Å²) >= 11 is 0.